The van der Waals surface area contributed by atoms with Crippen molar-refractivity contribution in [2.24, 2.45) is 0 Å². The summed E-state index contributed by atoms with van der Waals surface area (Å²) in [7, 11) is 1.54. The number of ether oxygens (including phenoxy) is 1. The highest BCUT2D eigenvalue weighted by Gasteiger charge is 2.20. The molecule has 0 N–H and O–H groups in total. The number of benzene rings is 2. The topological polar surface area (TPSA) is 26.3 Å². The first-order valence-corrected chi connectivity index (χ1v) is 7.17. The van der Waals surface area contributed by atoms with E-state index in [9.17, 15) is 9.18 Å². The highest BCUT2D eigenvalue weighted by Crippen LogP contribution is 2.28. The minimum Gasteiger partial charge on any atom is -0.496 e. The molecule has 2 aromatic rings. The van der Waals surface area contributed by atoms with Crippen molar-refractivity contribution in [3.05, 3.63) is 62.0 Å². The minimum absolute atomic E-state index is 0.149. The van der Waals surface area contributed by atoms with Crippen molar-refractivity contribution in [1.29, 1.82) is 0 Å². The maximum absolute atomic E-state index is 13.2. The standard InChI is InChI=1S/C16H14FIO2/c1-9-6-10(2)15(14(7-9)20-3)16(19)12-5-4-11(17)8-13(12)18/h4-8H,1-3H3. The van der Waals surface area contributed by atoms with E-state index in [0.717, 1.165) is 11.1 Å². The van der Waals surface area contributed by atoms with Crippen molar-refractivity contribution in [1.82, 2.24) is 0 Å². The van der Waals surface area contributed by atoms with E-state index in [1.807, 2.05) is 48.6 Å². The maximum Gasteiger partial charge on any atom is 0.198 e. The predicted octanol–water partition coefficient (Wildman–Crippen LogP) is 4.29. The summed E-state index contributed by atoms with van der Waals surface area (Å²) in [5, 5.41) is 0. The van der Waals surface area contributed by atoms with Gasteiger partial charge in [-0.3, -0.25) is 4.79 Å². The molecule has 0 aliphatic carbocycles. The van der Waals surface area contributed by atoms with Gasteiger partial charge in [-0.2, -0.15) is 0 Å². The first-order valence-electron chi connectivity index (χ1n) is 6.09. The lowest BCUT2D eigenvalue weighted by atomic mass is 9.96. The van der Waals surface area contributed by atoms with Gasteiger partial charge in [-0.25, -0.2) is 4.39 Å². The second-order valence-corrected chi connectivity index (χ2v) is 5.77. The van der Waals surface area contributed by atoms with Gasteiger partial charge in [-0.15, -0.1) is 0 Å². The number of ketones is 1. The number of hydrogen-bond donors (Lipinski definition) is 0. The third-order valence-corrected chi connectivity index (χ3v) is 3.96. The Labute approximate surface area is 131 Å². The molecular weight excluding hydrogens is 370 g/mol. The highest BCUT2D eigenvalue weighted by molar-refractivity contribution is 14.1. The van der Waals surface area contributed by atoms with E-state index in [1.165, 1.54) is 18.2 Å². The monoisotopic (exact) mass is 384 g/mol. The summed E-state index contributed by atoms with van der Waals surface area (Å²) in [4.78, 5) is 12.7. The van der Waals surface area contributed by atoms with Crippen LogP contribution in [0.1, 0.15) is 27.0 Å². The van der Waals surface area contributed by atoms with Gasteiger partial charge < -0.3 is 4.74 Å². The van der Waals surface area contributed by atoms with Crippen LogP contribution in [0.4, 0.5) is 4.39 Å². The Hall–Kier alpha value is -1.43. The molecule has 0 saturated heterocycles. The largest absolute Gasteiger partial charge is 0.496 e. The van der Waals surface area contributed by atoms with Gasteiger partial charge in [0.15, 0.2) is 5.78 Å². The fourth-order valence-electron chi connectivity index (χ4n) is 2.19. The summed E-state index contributed by atoms with van der Waals surface area (Å²) < 4.78 is 19.1. The van der Waals surface area contributed by atoms with E-state index in [2.05, 4.69) is 0 Å². The molecule has 2 nitrogen and oxygen atoms in total. The van der Waals surface area contributed by atoms with Gasteiger partial charge in [-0.1, -0.05) is 6.07 Å². The van der Waals surface area contributed by atoms with E-state index >= 15 is 0 Å². The van der Waals surface area contributed by atoms with Gasteiger partial charge in [0, 0.05) is 9.13 Å². The highest BCUT2D eigenvalue weighted by atomic mass is 127. The van der Waals surface area contributed by atoms with Crippen LogP contribution in [0.2, 0.25) is 0 Å². The Morgan fingerprint density at radius 3 is 2.50 bits per heavy atom. The fourth-order valence-corrected chi connectivity index (χ4v) is 2.91. The number of halogens is 2. The summed E-state index contributed by atoms with van der Waals surface area (Å²) in [6.07, 6.45) is 0. The van der Waals surface area contributed by atoms with Gasteiger partial charge in [0.1, 0.15) is 11.6 Å². The number of methoxy groups -OCH3 is 1. The molecule has 0 aliphatic heterocycles. The Morgan fingerprint density at radius 2 is 1.90 bits per heavy atom. The summed E-state index contributed by atoms with van der Waals surface area (Å²) in [6, 6.07) is 7.93. The van der Waals surface area contributed by atoms with Gasteiger partial charge in [0.2, 0.25) is 0 Å². The molecule has 104 valence electrons. The van der Waals surface area contributed by atoms with Gasteiger partial charge in [0.05, 0.1) is 12.7 Å². The molecule has 20 heavy (non-hydrogen) atoms. The number of aryl methyl sites for hydroxylation is 2. The van der Waals surface area contributed by atoms with Gasteiger partial charge >= 0.3 is 0 Å². The predicted molar refractivity (Wildman–Crippen MR) is 85.0 cm³/mol. The smallest absolute Gasteiger partial charge is 0.198 e. The number of carbonyl (C=O) groups excluding carboxylic acids is 1. The maximum atomic E-state index is 13.2. The van der Waals surface area contributed by atoms with Crippen LogP contribution in [-0.2, 0) is 0 Å². The lowest BCUT2D eigenvalue weighted by molar-refractivity contribution is 0.103. The molecule has 0 saturated carbocycles. The third kappa shape index (κ3) is 2.85. The van der Waals surface area contributed by atoms with Crippen LogP contribution in [-0.4, -0.2) is 12.9 Å². The molecule has 4 heteroatoms. The van der Waals surface area contributed by atoms with E-state index in [4.69, 9.17) is 4.74 Å². The lowest BCUT2D eigenvalue weighted by Gasteiger charge is -2.13. The quantitative estimate of drug-likeness (QED) is 0.583. The van der Waals surface area contributed by atoms with Crippen LogP contribution in [0.5, 0.6) is 5.75 Å². The third-order valence-electron chi connectivity index (χ3n) is 3.07. The molecule has 0 aromatic heterocycles. The number of hydrogen-bond acceptors (Lipinski definition) is 2. The molecule has 2 aromatic carbocycles. The van der Waals surface area contributed by atoms with Crippen LogP contribution < -0.4 is 4.74 Å². The summed E-state index contributed by atoms with van der Waals surface area (Å²) in [5.74, 6) is 0.0509. The minimum atomic E-state index is -0.349. The van der Waals surface area contributed by atoms with Crippen molar-refractivity contribution >= 4 is 28.4 Å². The van der Waals surface area contributed by atoms with E-state index in [1.54, 1.807) is 7.11 Å². The number of rotatable bonds is 3. The van der Waals surface area contributed by atoms with Crippen molar-refractivity contribution < 1.29 is 13.9 Å². The van der Waals surface area contributed by atoms with Crippen LogP contribution >= 0.6 is 22.6 Å². The average molecular weight is 384 g/mol. The van der Waals surface area contributed by atoms with Crippen molar-refractivity contribution in [2.75, 3.05) is 7.11 Å². The van der Waals surface area contributed by atoms with Crippen molar-refractivity contribution in [3.63, 3.8) is 0 Å². The van der Waals surface area contributed by atoms with Crippen LogP contribution in [0.15, 0.2) is 30.3 Å². The summed E-state index contributed by atoms with van der Waals surface area (Å²) in [6.45, 7) is 3.82. The number of carbonyl (C=O) groups is 1. The molecule has 0 amide bonds. The van der Waals surface area contributed by atoms with Gasteiger partial charge in [-0.05, 0) is 71.8 Å². The van der Waals surface area contributed by atoms with Crippen molar-refractivity contribution in [2.45, 2.75) is 13.8 Å². The Kier molecular flexibility index (Phi) is 4.42. The molecule has 0 heterocycles. The molecular formula is C16H14FIO2. The molecule has 0 unspecified atom stereocenters. The van der Waals surface area contributed by atoms with E-state index < -0.39 is 0 Å². The lowest BCUT2D eigenvalue weighted by Crippen LogP contribution is -2.08. The first kappa shape index (κ1) is 15.0. The van der Waals surface area contributed by atoms with Crippen molar-refractivity contribution in [3.8, 4) is 5.75 Å². The molecule has 0 aliphatic rings. The van der Waals surface area contributed by atoms with E-state index in [0.29, 0.717) is 20.4 Å². The van der Waals surface area contributed by atoms with E-state index in [-0.39, 0.29) is 11.6 Å². The molecule has 2 rings (SSSR count). The zero-order valence-corrected chi connectivity index (χ0v) is 13.6. The zero-order chi connectivity index (χ0) is 14.9. The Balaban J connectivity index is 2.59. The summed E-state index contributed by atoms with van der Waals surface area (Å²) >= 11 is 1.97. The Bertz CT molecular complexity index is 680. The molecule has 0 radical (unpaired) electrons. The van der Waals surface area contributed by atoms with Crippen LogP contribution in [0.25, 0.3) is 0 Å². The van der Waals surface area contributed by atoms with Crippen LogP contribution in [0.3, 0.4) is 0 Å². The normalized spacial score (nSPS) is 10.4. The molecule has 0 bridgehead atoms. The zero-order valence-electron chi connectivity index (χ0n) is 11.5. The molecule has 0 spiro atoms. The SMILES string of the molecule is COc1cc(C)cc(C)c1C(=O)c1ccc(F)cc1I. The fraction of sp³-hybridized carbons (Fsp3) is 0.188. The molecule has 0 fully saturated rings. The Morgan fingerprint density at radius 1 is 1.20 bits per heavy atom. The second kappa shape index (κ2) is 5.91. The average Bonchev–Trinajstić information content (AvgIpc) is 2.37. The second-order valence-electron chi connectivity index (χ2n) is 4.61. The molecule has 0 atom stereocenters. The van der Waals surface area contributed by atoms with Crippen LogP contribution in [0, 0.1) is 23.2 Å². The van der Waals surface area contributed by atoms with Gasteiger partial charge in [0.25, 0.3) is 0 Å². The summed E-state index contributed by atoms with van der Waals surface area (Å²) in [5.41, 5.74) is 2.90. The first-order chi connectivity index (χ1) is 9.43.